The Balaban J connectivity index is 1.94. The Morgan fingerprint density at radius 3 is 2.47 bits per heavy atom. The van der Waals surface area contributed by atoms with Gasteiger partial charge in [-0.2, -0.15) is 0 Å². The predicted molar refractivity (Wildman–Crippen MR) is 116 cm³/mol. The van der Waals surface area contributed by atoms with Crippen LogP contribution in [0.5, 0.6) is 11.5 Å². The lowest BCUT2D eigenvalue weighted by molar-refractivity contribution is 0.00593. The van der Waals surface area contributed by atoms with Gasteiger partial charge in [0.05, 0.1) is 29.2 Å². The predicted octanol–water partition coefficient (Wildman–Crippen LogP) is 5.61. The quantitative estimate of drug-likeness (QED) is 0.438. The molecule has 0 atom stereocenters. The molecule has 0 aliphatic heterocycles. The zero-order chi connectivity index (χ0) is 21.3. The first kappa shape index (κ1) is 19.9. The summed E-state index contributed by atoms with van der Waals surface area (Å²) < 4.78 is 17.2. The fraction of sp³-hybridized carbons (Fsp3) is 0.250. The Bertz CT molecular complexity index is 1210. The van der Waals surface area contributed by atoms with E-state index in [2.05, 4.69) is 9.97 Å². The van der Waals surface area contributed by atoms with Crippen LogP contribution in [-0.4, -0.2) is 28.6 Å². The van der Waals surface area contributed by atoms with Gasteiger partial charge in [-0.1, -0.05) is 24.3 Å². The maximum Gasteiger partial charge on any atom is 0.357 e. The summed E-state index contributed by atoms with van der Waals surface area (Å²) in [7, 11) is 1.59. The number of carbonyl (C=O) groups is 1. The molecule has 0 amide bonds. The highest BCUT2D eigenvalue weighted by Crippen LogP contribution is 2.38. The Hall–Kier alpha value is -3.38. The van der Waals surface area contributed by atoms with Gasteiger partial charge in [0.2, 0.25) is 0 Å². The van der Waals surface area contributed by atoms with Crippen molar-refractivity contribution in [3.63, 3.8) is 0 Å². The summed E-state index contributed by atoms with van der Waals surface area (Å²) >= 11 is 0. The van der Waals surface area contributed by atoms with E-state index in [0.29, 0.717) is 11.3 Å². The molecule has 0 bridgehead atoms. The van der Waals surface area contributed by atoms with Crippen LogP contribution in [-0.2, 0) is 16.1 Å². The Morgan fingerprint density at radius 1 is 1.00 bits per heavy atom. The van der Waals surface area contributed by atoms with Crippen molar-refractivity contribution < 1.29 is 19.0 Å². The van der Waals surface area contributed by atoms with E-state index in [-0.39, 0.29) is 12.3 Å². The maximum absolute atomic E-state index is 12.9. The number of esters is 1. The fourth-order valence-electron chi connectivity index (χ4n) is 3.46. The molecule has 0 aliphatic carbocycles. The molecule has 4 rings (SSSR count). The van der Waals surface area contributed by atoms with Crippen LogP contribution in [0.3, 0.4) is 0 Å². The van der Waals surface area contributed by atoms with Crippen molar-refractivity contribution in [2.24, 2.45) is 0 Å². The number of hydrogen-bond donors (Lipinski definition) is 1. The van der Waals surface area contributed by atoms with Crippen molar-refractivity contribution in [1.29, 1.82) is 0 Å². The number of nitrogens with one attached hydrogen (secondary N) is 1. The minimum atomic E-state index is -0.625. The zero-order valence-electron chi connectivity index (χ0n) is 17.5. The van der Waals surface area contributed by atoms with Crippen LogP contribution in [0.15, 0.2) is 54.7 Å². The van der Waals surface area contributed by atoms with Crippen LogP contribution < -0.4 is 4.74 Å². The maximum atomic E-state index is 12.9. The molecular formula is C24H24N2O4. The van der Waals surface area contributed by atoms with E-state index in [1.54, 1.807) is 13.3 Å². The van der Waals surface area contributed by atoms with Crippen LogP contribution in [0.2, 0.25) is 0 Å². The zero-order valence-corrected chi connectivity index (χ0v) is 17.5. The first-order valence-electron chi connectivity index (χ1n) is 9.75. The summed E-state index contributed by atoms with van der Waals surface area (Å²) in [6.45, 7) is 5.70. The third-order valence-corrected chi connectivity index (χ3v) is 4.58. The Kier molecular flexibility index (Phi) is 5.18. The van der Waals surface area contributed by atoms with E-state index < -0.39 is 11.6 Å². The van der Waals surface area contributed by atoms with E-state index >= 15 is 0 Å². The molecule has 4 aromatic rings. The van der Waals surface area contributed by atoms with E-state index in [0.717, 1.165) is 27.6 Å². The molecule has 0 unspecified atom stereocenters. The number of carbonyl (C=O) groups excluding carboxylic acids is 1. The highest BCUT2D eigenvalue weighted by atomic mass is 16.6. The molecule has 2 aromatic heterocycles. The van der Waals surface area contributed by atoms with E-state index in [1.165, 1.54) is 0 Å². The highest BCUT2D eigenvalue weighted by molar-refractivity contribution is 6.13. The van der Waals surface area contributed by atoms with Crippen LogP contribution >= 0.6 is 0 Å². The smallest absolute Gasteiger partial charge is 0.357 e. The number of methoxy groups -OCH3 is 1. The van der Waals surface area contributed by atoms with Gasteiger partial charge in [-0.05, 0) is 45.0 Å². The van der Waals surface area contributed by atoms with Gasteiger partial charge < -0.3 is 19.2 Å². The van der Waals surface area contributed by atoms with Gasteiger partial charge >= 0.3 is 5.97 Å². The molecule has 154 valence electrons. The first-order chi connectivity index (χ1) is 14.4. The molecule has 0 radical (unpaired) electrons. The lowest BCUT2D eigenvalue weighted by Crippen LogP contribution is -2.25. The van der Waals surface area contributed by atoms with Gasteiger partial charge in [0, 0.05) is 18.1 Å². The normalized spacial score (nSPS) is 11.7. The largest absolute Gasteiger partial charge is 0.457 e. The van der Waals surface area contributed by atoms with Gasteiger partial charge in [0.15, 0.2) is 5.69 Å². The van der Waals surface area contributed by atoms with Crippen LogP contribution in [0, 0.1) is 0 Å². The highest BCUT2D eigenvalue weighted by Gasteiger charge is 2.25. The van der Waals surface area contributed by atoms with Gasteiger partial charge in [-0.3, -0.25) is 0 Å². The first-order valence-corrected chi connectivity index (χ1v) is 9.75. The number of rotatable bonds is 5. The van der Waals surface area contributed by atoms with Crippen molar-refractivity contribution in [3.8, 4) is 11.5 Å². The van der Waals surface area contributed by atoms with Crippen LogP contribution in [0.1, 0.15) is 36.8 Å². The number of aromatic amines is 1. The summed E-state index contributed by atoms with van der Waals surface area (Å²) in [6.07, 6.45) is 1.65. The number of H-pyrrole nitrogens is 1. The van der Waals surface area contributed by atoms with Crippen LogP contribution in [0.25, 0.3) is 21.8 Å². The van der Waals surface area contributed by atoms with E-state index in [1.807, 2.05) is 69.3 Å². The molecule has 6 nitrogen and oxygen atoms in total. The SMILES string of the molecule is COCc1c(C(=O)OC(C)(C)C)ncc2[nH]c3cccc(Oc4ccccc4)c3c12. The molecule has 2 aromatic carbocycles. The van der Waals surface area contributed by atoms with Crippen molar-refractivity contribution in [2.45, 2.75) is 33.0 Å². The molecule has 0 aliphatic rings. The second-order valence-electron chi connectivity index (χ2n) is 8.03. The Morgan fingerprint density at radius 2 is 1.77 bits per heavy atom. The second kappa shape index (κ2) is 7.80. The number of fused-ring (bicyclic) bond motifs is 3. The number of aromatic nitrogens is 2. The number of pyridine rings is 1. The summed E-state index contributed by atoms with van der Waals surface area (Å²) in [5, 5.41) is 1.71. The molecule has 1 N–H and O–H groups in total. The van der Waals surface area contributed by atoms with Gasteiger partial charge in [-0.15, -0.1) is 0 Å². The lowest BCUT2D eigenvalue weighted by atomic mass is 10.0. The molecule has 0 saturated carbocycles. The number of ether oxygens (including phenoxy) is 3. The third kappa shape index (κ3) is 3.86. The summed E-state index contributed by atoms with van der Waals surface area (Å²) in [5.74, 6) is 0.935. The van der Waals surface area contributed by atoms with Crippen molar-refractivity contribution in [1.82, 2.24) is 9.97 Å². The van der Waals surface area contributed by atoms with Gasteiger partial charge in [0.25, 0.3) is 0 Å². The number of hydrogen-bond acceptors (Lipinski definition) is 5. The number of para-hydroxylation sites is 1. The average molecular weight is 404 g/mol. The fourth-order valence-corrected chi connectivity index (χ4v) is 3.46. The van der Waals surface area contributed by atoms with Crippen molar-refractivity contribution in [3.05, 3.63) is 66.0 Å². The van der Waals surface area contributed by atoms with Crippen LogP contribution in [0.4, 0.5) is 0 Å². The monoisotopic (exact) mass is 404 g/mol. The summed E-state index contributed by atoms with van der Waals surface area (Å²) in [6, 6.07) is 15.4. The second-order valence-corrected chi connectivity index (χ2v) is 8.03. The van der Waals surface area contributed by atoms with Gasteiger partial charge in [-0.25, -0.2) is 9.78 Å². The lowest BCUT2D eigenvalue weighted by Gasteiger charge is -2.20. The minimum absolute atomic E-state index is 0.214. The standard InChI is InChI=1S/C24H24N2O4/c1-24(2,3)30-23(27)22-16(14-28-4)20-18(13-25-22)26-17-11-8-12-19(21(17)20)29-15-9-6-5-7-10-15/h5-13,26H,14H2,1-4H3. The summed E-state index contributed by atoms with van der Waals surface area (Å²) in [5.41, 5.74) is 1.97. The minimum Gasteiger partial charge on any atom is -0.457 e. The molecule has 2 heterocycles. The molecular weight excluding hydrogens is 380 g/mol. The molecule has 0 spiro atoms. The number of benzene rings is 2. The molecule has 0 fully saturated rings. The van der Waals surface area contributed by atoms with Crippen molar-refractivity contribution in [2.75, 3.05) is 7.11 Å². The topological polar surface area (TPSA) is 73.4 Å². The molecule has 30 heavy (non-hydrogen) atoms. The molecule has 0 saturated heterocycles. The average Bonchev–Trinajstić information content (AvgIpc) is 3.08. The van der Waals surface area contributed by atoms with E-state index in [4.69, 9.17) is 14.2 Å². The number of nitrogens with zero attached hydrogens (tertiary/aromatic N) is 1. The Labute approximate surface area is 174 Å². The van der Waals surface area contributed by atoms with E-state index in [9.17, 15) is 4.79 Å². The van der Waals surface area contributed by atoms with Gasteiger partial charge in [0.1, 0.15) is 17.1 Å². The molecule has 6 heteroatoms. The third-order valence-electron chi connectivity index (χ3n) is 4.58. The van der Waals surface area contributed by atoms with Crippen molar-refractivity contribution >= 4 is 27.8 Å². The summed E-state index contributed by atoms with van der Waals surface area (Å²) in [4.78, 5) is 20.6.